The van der Waals surface area contributed by atoms with E-state index in [1.54, 1.807) is 0 Å². The molecular weight excluding hydrogens is 318 g/mol. The van der Waals surface area contributed by atoms with Gasteiger partial charge in [0.2, 0.25) is 0 Å². The summed E-state index contributed by atoms with van der Waals surface area (Å²) in [6.07, 6.45) is 24.5. The molecule has 1 aliphatic heterocycles. The van der Waals surface area contributed by atoms with Crippen molar-refractivity contribution >= 4 is 0 Å². The van der Waals surface area contributed by atoms with E-state index in [2.05, 4.69) is 33.0 Å². The van der Waals surface area contributed by atoms with Gasteiger partial charge in [0.05, 0.1) is 6.10 Å². The molecule has 0 bridgehead atoms. The summed E-state index contributed by atoms with van der Waals surface area (Å²) in [4.78, 5) is 0. The molecule has 1 fully saturated rings. The van der Waals surface area contributed by atoms with Crippen molar-refractivity contribution in [3.8, 4) is 0 Å². The Kier molecular flexibility index (Phi) is 13.7. The standard InChI is InChI=1S/C24H49NO/c1-5-7-9-10-11-12-13-14-15-16-17-18-19-21-24(3,4)25-23-22(26-23)20-8-6-2/h22-23,25H,5-21H2,1-4H3. The summed E-state index contributed by atoms with van der Waals surface area (Å²) in [7, 11) is 0. The topological polar surface area (TPSA) is 24.6 Å². The largest absolute Gasteiger partial charge is 0.353 e. The highest BCUT2D eigenvalue weighted by Crippen LogP contribution is 2.28. The Balaban J connectivity index is 1.83. The molecule has 1 rings (SSSR count). The van der Waals surface area contributed by atoms with Crippen molar-refractivity contribution in [1.82, 2.24) is 5.32 Å². The third kappa shape index (κ3) is 13.1. The molecule has 2 heteroatoms. The van der Waals surface area contributed by atoms with Crippen LogP contribution in [0.4, 0.5) is 0 Å². The van der Waals surface area contributed by atoms with Crippen LogP contribution in [0.3, 0.4) is 0 Å². The van der Waals surface area contributed by atoms with Crippen LogP contribution in [-0.2, 0) is 4.74 Å². The molecule has 0 aromatic rings. The summed E-state index contributed by atoms with van der Waals surface area (Å²) in [5.41, 5.74) is 0.226. The van der Waals surface area contributed by atoms with Crippen molar-refractivity contribution in [3.63, 3.8) is 0 Å². The molecule has 0 aliphatic carbocycles. The Labute approximate surface area is 165 Å². The molecule has 2 atom stereocenters. The predicted molar refractivity (Wildman–Crippen MR) is 116 cm³/mol. The first kappa shape index (κ1) is 24.0. The van der Waals surface area contributed by atoms with Crippen LogP contribution in [0.25, 0.3) is 0 Å². The highest BCUT2D eigenvalue weighted by Gasteiger charge is 2.40. The number of hydrogen-bond acceptors (Lipinski definition) is 2. The third-order valence-electron chi connectivity index (χ3n) is 5.86. The molecule has 1 saturated heterocycles. The fourth-order valence-electron chi connectivity index (χ4n) is 3.94. The maximum Gasteiger partial charge on any atom is 0.135 e. The fraction of sp³-hybridized carbons (Fsp3) is 1.00. The lowest BCUT2D eigenvalue weighted by atomic mass is 9.95. The minimum atomic E-state index is 0.226. The van der Waals surface area contributed by atoms with Crippen molar-refractivity contribution in [2.45, 2.75) is 155 Å². The second-order valence-corrected chi connectivity index (χ2v) is 9.26. The molecule has 0 aromatic heterocycles. The van der Waals surface area contributed by atoms with Crippen LogP contribution in [0, 0.1) is 0 Å². The molecule has 0 radical (unpaired) electrons. The van der Waals surface area contributed by atoms with Gasteiger partial charge in [0.1, 0.15) is 6.23 Å². The van der Waals surface area contributed by atoms with Crippen LogP contribution in [0.15, 0.2) is 0 Å². The van der Waals surface area contributed by atoms with Crippen LogP contribution in [0.1, 0.15) is 137 Å². The SMILES string of the molecule is CCCCCCCCCCCCCCCC(C)(C)NC1OC1CCCC. The molecule has 26 heavy (non-hydrogen) atoms. The van der Waals surface area contributed by atoms with Crippen molar-refractivity contribution in [3.05, 3.63) is 0 Å². The monoisotopic (exact) mass is 367 g/mol. The average molecular weight is 368 g/mol. The summed E-state index contributed by atoms with van der Waals surface area (Å²) in [5, 5.41) is 3.71. The number of hydrogen-bond donors (Lipinski definition) is 1. The van der Waals surface area contributed by atoms with Crippen LogP contribution in [0.5, 0.6) is 0 Å². The molecule has 156 valence electrons. The Morgan fingerprint density at radius 2 is 1.12 bits per heavy atom. The molecule has 0 amide bonds. The van der Waals surface area contributed by atoms with Gasteiger partial charge in [0.15, 0.2) is 0 Å². The minimum absolute atomic E-state index is 0.226. The zero-order valence-electron chi connectivity index (χ0n) is 18.6. The van der Waals surface area contributed by atoms with Gasteiger partial charge in [-0.1, -0.05) is 110 Å². The van der Waals surface area contributed by atoms with E-state index in [0.717, 1.165) is 0 Å². The molecule has 2 nitrogen and oxygen atoms in total. The second kappa shape index (κ2) is 14.9. The molecule has 1 aliphatic rings. The third-order valence-corrected chi connectivity index (χ3v) is 5.86. The first-order valence-corrected chi connectivity index (χ1v) is 12.0. The van der Waals surface area contributed by atoms with Crippen LogP contribution < -0.4 is 5.32 Å². The zero-order valence-corrected chi connectivity index (χ0v) is 18.6. The number of rotatable bonds is 19. The maximum atomic E-state index is 5.76. The van der Waals surface area contributed by atoms with E-state index in [4.69, 9.17) is 4.74 Å². The quantitative estimate of drug-likeness (QED) is 0.186. The Hall–Kier alpha value is -0.0800. The van der Waals surface area contributed by atoms with E-state index in [1.165, 1.54) is 109 Å². The fourth-order valence-corrected chi connectivity index (χ4v) is 3.94. The van der Waals surface area contributed by atoms with Gasteiger partial charge in [-0.25, -0.2) is 0 Å². The van der Waals surface area contributed by atoms with E-state index in [9.17, 15) is 0 Å². The molecule has 1 heterocycles. The number of epoxide rings is 1. The van der Waals surface area contributed by atoms with Gasteiger partial charge in [0, 0.05) is 5.54 Å². The smallest absolute Gasteiger partial charge is 0.135 e. The van der Waals surface area contributed by atoms with Crippen LogP contribution in [-0.4, -0.2) is 17.9 Å². The summed E-state index contributed by atoms with van der Waals surface area (Å²) in [5.74, 6) is 0. The molecule has 0 aromatic carbocycles. The molecule has 0 saturated carbocycles. The van der Waals surface area contributed by atoms with Gasteiger partial charge in [-0.05, 0) is 26.7 Å². The summed E-state index contributed by atoms with van der Waals surface area (Å²) < 4.78 is 5.76. The average Bonchev–Trinajstić information content (AvgIpc) is 3.34. The van der Waals surface area contributed by atoms with Crippen molar-refractivity contribution < 1.29 is 4.74 Å². The van der Waals surface area contributed by atoms with E-state index >= 15 is 0 Å². The second-order valence-electron chi connectivity index (χ2n) is 9.26. The number of ether oxygens (including phenoxy) is 1. The van der Waals surface area contributed by atoms with Gasteiger partial charge in [-0.3, -0.25) is 5.32 Å². The minimum Gasteiger partial charge on any atom is -0.353 e. The van der Waals surface area contributed by atoms with Crippen molar-refractivity contribution in [1.29, 1.82) is 0 Å². The van der Waals surface area contributed by atoms with E-state index in [1.807, 2.05) is 0 Å². The highest BCUT2D eigenvalue weighted by atomic mass is 16.6. The van der Waals surface area contributed by atoms with Crippen molar-refractivity contribution in [2.75, 3.05) is 0 Å². The van der Waals surface area contributed by atoms with Crippen molar-refractivity contribution in [2.24, 2.45) is 0 Å². The lowest BCUT2D eigenvalue weighted by Crippen LogP contribution is -2.41. The lowest BCUT2D eigenvalue weighted by Gasteiger charge is -2.25. The first-order valence-electron chi connectivity index (χ1n) is 12.0. The van der Waals surface area contributed by atoms with Gasteiger partial charge in [0.25, 0.3) is 0 Å². The number of unbranched alkanes of at least 4 members (excludes halogenated alkanes) is 13. The zero-order chi connectivity index (χ0) is 19.1. The Morgan fingerprint density at radius 1 is 0.654 bits per heavy atom. The predicted octanol–water partition coefficient (Wildman–Crippen LogP) is 7.75. The maximum absolute atomic E-state index is 5.76. The molecular formula is C24H49NO. The van der Waals surface area contributed by atoms with Crippen LogP contribution >= 0.6 is 0 Å². The summed E-state index contributed by atoms with van der Waals surface area (Å²) in [6.45, 7) is 9.23. The van der Waals surface area contributed by atoms with Gasteiger partial charge in [-0.2, -0.15) is 0 Å². The molecule has 2 unspecified atom stereocenters. The summed E-state index contributed by atoms with van der Waals surface area (Å²) in [6, 6.07) is 0. The highest BCUT2D eigenvalue weighted by molar-refractivity contribution is 4.89. The molecule has 0 spiro atoms. The lowest BCUT2D eigenvalue weighted by molar-refractivity contribution is 0.267. The normalized spacial score (nSPS) is 19.8. The van der Waals surface area contributed by atoms with E-state index < -0.39 is 0 Å². The van der Waals surface area contributed by atoms with Gasteiger partial charge >= 0.3 is 0 Å². The molecule has 1 N–H and O–H groups in total. The van der Waals surface area contributed by atoms with E-state index in [-0.39, 0.29) is 5.54 Å². The van der Waals surface area contributed by atoms with Gasteiger partial charge < -0.3 is 4.74 Å². The Bertz CT molecular complexity index is 315. The van der Waals surface area contributed by atoms with E-state index in [0.29, 0.717) is 12.3 Å². The van der Waals surface area contributed by atoms with Gasteiger partial charge in [-0.15, -0.1) is 0 Å². The number of nitrogens with one attached hydrogen (secondary N) is 1. The van der Waals surface area contributed by atoms with Crippen LogP contribution in [0.2, 0.25) is 0 Å². The summed E-state index contributed by atoms with van der Waals surface area (Å²) >= 11 is 0. The Morgan fingerprint density at radius 3 is 1.62 bits per heavy atom. The first-order chi connectivity index (χ1) is 12.6.